The minimum Gasteiger partial charge on any atom is -0.478 e. The average Bonchev–Trinajstić information content (AvgIpc) is 3.11. The third kappa shape index (κ3) is 2.73. The van der Waals surface area contributed by atoms with E-state index in [1.807, 2.05) is 48.5 Å². The monoisotopic (exact) mass is 358 g/mol. The van der Waals surface area contributed by atoms with Gasteiger partial charge in [0.25, 0.3) is 5.91 Å². The summed E-state index contributed by atoms with van der Waals surface area (Å²) in [4.78, 5) is 27.2. The number of aromatic carboxylic acids is 1. The molecule has 0 spiro atoms. The fourth-order valence-corrected chi connectivity index (χ4v) is 3.63. The molecular weight excluding hydrogens is 340 g/mol. The second kappa shape index (κ2) is 6.29. The van der Waals surface area contributed by atoms with Gasteiger partial charge in [0.15, 0.2) is 0 Å². The lowest BCUT2D eigenvalue weighted by atomic mass is 9.94. The molecule has 2 aromatic carbocycles. The van der Waals surface area contributed by atoms with Gasteiger partial charge in [0.1, 0.15) is 0 Å². The van der Waals surface area contributed by atoms with Crippen LogP contribution in [0.4, 0.5) is 5.69 Å². The minimum atomic E-state index is -0.979. The average molecular weight is 358 g/mol. The van der Waals surface area contributed by atoms with Gasteiger partial charge in [0.2, 0.25) is 0 Å². The van der Waals surface area contributed by atoms with Gasteiger partial charge >= 0.3 is 5.97 Å². The molecule has 5 nitrogen and oxygen atoms in total. The van der Waals surface area contributed by atoms with Crippen molar-refractivity contribution in [1.29, 1.82) is 0 Å². The Labute approximate surface area is 156 Å². The predicted octanol–water partition coefficient (Wildman–Crippen LogP) is 4.49. The Bertz CT molecular complexity index is 1110. The van der Waals surface area contributed by atoms with Crippen LogP contribution in [0.15, 0.2) is 48.5 Å². The molecule has 2 heterocycles. The van der Waals surface area contributed by atoms with Crippen molar-refractivity contribution < 1.29 is 14.7 Å². The molecule has 0 fully saturated rings. The molecule has 0 atom stereocenters. The van der Waals surface area contributed by atoms with Crippen LogP contribution in [0.1, 0.15) is 32.9 Å². The van der Waals surface area contributed by atoms with E-state index in [4.69, 9.17) is 0 Å². The van der Waals surface area contributed by atoms with Crippen LogP contribution in [-0.4, -0.2) is 22.0 Å². The number of hydrogen-bond donors (Lipinski definition) is 3. The summed E-state index contributed by atoms with van der Waals surface area (Å²) >= 11 is 0. The maximum absolute atomic E-state index is 12.6. The van der Waals surface area contributed by atoms with Crippen LogP contribution < -0.4 is 5.32 Å². The standard InChI is InChI=1S/C22H18N2O3/c1-12-18(23-13(2)19(12)22(26)27)11-16-20-15(14-7-4-3-5-8-14)9-6-10-17(20)24-21(16)25/h3-11,23H,1-2H3,(H,24,25)(H,26,27)/b16-11-. The van der Waals surface area contributed by atoms with Crippen molar-refractivity contribution in [1.82, 2.24) is 4.98 Å². The Morgan fingerprint density at radius 1 is 1.04 bits per heavy atom. The quantitative estimate of drug-likeness (QED) is 0.603. The van der Waals surface area contributed by atoms with E-state index in [1.165, 1.54) is 0 Å². The molecule has 5 heteroatoms. The number of nitrogens with one attached hydrogen (secondary N) is 2. The molecular formula is C22H18N2O3. The number of aromatic nitrogens is 1. The Balaban J connectivity index is 1.91. The Morgan fingerprint density at radius 2 is 1.78 bits per heavy atom. The zero-order chi connectivity index (χ0) is 19.1. The number of amides is 1. The normalized spacial score (nSPS) is 14.3. The number of aryl methyl sites for hydroxylation is 1. The molecule has 1 amide bonds. The summed E-state index contributed by atoms with van der Waals surface area (Å²) in [6.45, 7) is 3.47. The van der Waals surface area contributed by atoms with E-state index in [0.717, 1.165) is 22.4 Å². The van der Waals surface area contributed by atoms with Crippen molar-refractivity contribution in [2.24, 2.45) is 0 Å². The van der Waals surface area contributed by atoms with Gasteiger partial charge in [-0.05, 0) is 42.7 Å². The molecule has 1 aromatic heterocycles. The van der Waals surface area contributed by atoms with Crippen LogP contribution in [0.2, 0.25) is 0 Å². The number of H-pyrrole nitrogens is 1. The van der Waals surface area contributed by atoms with Crippen LogP contribution in [-0.2, 0) is 4.79 Å². The zero-order valence-corrected chi connectivity index (χ0v) is 15.0. The first-order chi connectivity index (χ1) is 13.0. The van der Waals surface area contributed by atoms with Crippen molar-refractivity contribution in [2.75, 3.05) is 5.32 Å². The Morgan fingerprint density at radius 3 is 2.44 bits per heavy atom. The highest BCUT2D eigenvalue weighted by Gasteiger charge is 2.28. The van der Waals surface area contributed by atoms with Crippen LogP contribution in [0, 0.1) is 13.8 Å². The summed E-state index contributed by atoms with van der Waals surface area (Å²) in [5.74, 6) is -1.18. The van der Waals surface area contributed by atoms with Gasteiger partial charge in [0.05, 0.1) is 11.1 Å². The molecule has 0 bridgehead atoms. The molecule has 0 saturated heterocycles. The van der Waals surface area contributed by atoms with E-state index in [2.05, 4.69) is 10.3 Å². The van der Waals surface area contributed by atoms with Crippen molar-refractivity contribution in [3.63, 3.8) is 0 Å². The number of rotatable bonds is 3. The largest absolute Gasteiger partial charge is 0.478 e. The van der Waals surface area contributed by atoms with E-state index in [9.17, 15) is 14.7 Å². The van der Waals surface area contributed by atoms with Crippen LogP contribution in [0.25, 0.3) is 22.8 Å². The predicted molar refractivity (Wildman–Crippen MR) is 106 cm³/mol. The molecule has 0 aliphatic carbocycles. The van der Waals surface area contributed by atoms with Crippen molar-refractivity contribution in [3.8, 4) is 11.1 Å². The lowest BCUT2D eigenvalue weighted by Crippen LogP contribution is -2.03. The lowest BCUT2D eigenvalue weighted by molar-refractivity contribution is -0.110. The number of benzene rings is 2. The summed E-state index contributed by atoms with van der Waals surface area (Å²) in [6, 6.07) is 15.6. The SMILES string of the molecule is Cc1[nH]c(/C=C2\C(=O)Nc3cccc(-c4ccccc4)c32)c(C)c1C(=O)O. The van der Waals surface area contributed by atoms with Gasteiger partial charge in [-0.2, -0.15) is 0 Å². The number of anilines is 1. The van der Waals surface area contributed by atoms with Gasteiger partial charge in [0, 0.05) is 22.6 Å². The number of hydrogen-bond acceptors (Lipinski definition) is 2. The number of carboxylic acid groups (broad SMARTS) is 1. The topological polar surface area (TPSA) is 82.2 Å². The van der Waals surface area contributed by atoms with E-state index < -0.39 is 5.97 Å². The summed E-state index contributed by atoms with van der Waals surface area (Å²) in [7, 11) is 0. The van der Waals surface area contributed by atoms with Crippen molar-refractivity contribution >= 4 is 29.2 Å². The van der Waals surface area contributed by atoms with Gasteiger partial charge in [-0.25, -0.2) is 4.79 Å². The van der Waals surface area contributed by atoms with Crippen LogP contribution in [0.3, 0.4) is 0 Å². The molecule has 1 aliphatic heterocycles. The van der Waals surface area contributed by atoms with E-state index in [1.54, 1.807) is 19.9 Å². The van der Waals surface area contributed by atoms with Crippen molar-refractivity contribution in [2.45, 2.75) is 13.8 Å². The highest BCUT2D eigenvalue weighted by Crippen LogP contribution is 2.40. The number of fused-ring (bicyclic) bond motifs is 1. The molecule has 134 valence electrons. The molecule has 3 N–H and O–H groups in total. The summed E-state index contributed by atoms with van der Waals surface area (Å²) in [5.41, 5.74) is 6.14. The number of aromatic amines is 1. The summed E-state index contributed by atoms with van der Waals surface area (Å²) in [6.07, 6.45) is 1.74. The molecule has 0 unspecified atom stereocenters. The second-order valence-corrected chi connectivity index (χ2v) is 6.58. The van der Waals surface area contributed by atoms with Crippen molar-refractivity contribution in [3.05, 3.63) is 76.6 Å². The summed E-state index contributed by atoms with van der Waals surface area (Å²) in [5, 5.41) is 12.3. The maximum atomic E-state index is 12.6. The fourth-order valence-electron chi connectivity index (χ4n) is 3.63. The van der Waals surface area contributed by atoms with E-state index in [-0.39, 0.29) is 11.5 Å². The molecule has 4 rings (SSSR count). The van der Waals surface area contributed by atoms with E-state index in [0.29, 0.717) is 22.5 Å². The van der Waals surface area contributed by atoms with Gasteiger partial charge in [-0.15, -0.1) is 0 Å². The maximum Gasteiger partial charge on any atom is 0.337 e. The Hall–Kier alpha value is -3.60. The van der Waals surface area contributed by atoms with Crippen LogP contribution >= 0.6 is 0 Å². The first-order valence-corrected chi connectivity index (χ1v) is 8.61. The molecule has 0 saturated carbocycles. The second-order valence-electron chi connectivity index (χ2n) is 6.58. The van der Waals surface area contributed by atoms with Crippen LogP contribution in [0.5, 0.6) is 0 Å². The summed E-state index contributed by atoms with van der Waals surface area (Å²) < 4.78 is 0. The number of carbonyl (C=O) groups is 2. The smallest absolute Gasteiger partial charge is 0.337 e. The van der Waals surface area contributed by atoms with Gasteiger partial charge in [-0.3, -0.25) is 4.79 Å². The highest BCUT2D eigenvalue weighted by molar-refractivity contribution is 6.36. The van der Waals surface area contributed by atoms with Gasteiger partial charge < -0.3 is 15.4 Å². The Kier molecular flexibility index (Phi) is 3.92. The van der Waals surface area contributed by atoms with E-state index >= 15 is 0 Å². The fraction of sp³-hybridized carbons (Fsp3) is 0.0909. The molecule has 0 radical (unpaired) electrons. The lowest BCUT2D eigenvalue weighted by Gasteiger charge is -2.08. The minimum absolute atomic E-state index is 0.197. The number of carbonyl (C=O) groups excluding carboxylic acids is 1. The first kappa shape index (κ1) is 16.8. The first-order valence-electron chi connectivity index (χ1n) is 8.61. The molecule has 3 aromatic rings. The third-order valence-electron chi connectivity index (χ3n) is 4.89. The molecule has 1 aliphatic rings. The molecule has 27 heavy (non-hydrogen) atoms. The highest BCUT2D eigenvalue weighted by atomic mass is 16.4. The third-order valence-corrected chi connectivity index (χ3v) is 4.89. The zero-order valence-electron chi connectivity index (χ0n) is 15.0. The number of carboxylic acids is 1. The van der Waals surface area contributed by atoms with Gasteiger partial charge in [-0.1, -0.05) is 42.5 Å².